The number of fused-ring (bicyclic) bond motifs is 1. The standard InChI is InChI=1S/C27H34N4O3/c1-27(26(33)28-21-12-7-2-3-8-13-21)19-31-23(18-22(29-31)24-14-9-17-34-24)25(32)30(27)16-15-20-10-5-4-6-11-20/h4-6,9-11,14,17-18,21-22,29H,2-3,7-8,12-13,15-16,19H2,1H3,(H,28,33). The summed E-state index contributed by atoms with van der Waals surface area (Å²) in [5.74, 6) is 0.556. The first-order valence-electron chi connectivity index (χ1n) is 12.5. The highest BCUT2D eigenvalue weighted by Gasteiger charge is 2.51. The highest BCUT2D eigenvalue weighted by Crippen LogP contribution is 2.34. The van der Waals surface area contributed by atoms with E-state index >= 15 is 0 Å². The number of hydrogen-bond acceptors (Lipinski definition) is 5. The number of hydrogen-bond donors (Lipinski definition) is 2. The van der Waals surface area contributed by atoms with Gasteiger partial charge in [-0.1, -0.05) is 56.0 Å². The molecule has 2 unspecified atom stereocenters. The maximum absolute atomic E-state index is 13.8. The van der Waals surface area contributed by atoms with Crippen LogP contribution in [0, 0.1) is 0 Å². The van der Waals surface area contributed by atoms with Crippen LogP contribution in [0.1, 0.15) is 62.8 Å². The highest BCUT2D eigenvalue weighted by molar-refractivity contribution is 6.00. The molecule has 7 heteroatoms. The van der Waals surface area contributed by atoms with Crippen molar-refractivity contribution in [3.05, 3.63) is 71.8 Å². The van der Waals surface area contributed by atoms with Gasteiger partial charge in [0, 0.05) is 12.6 Å². The Balaban J connectivity index is 1.40. The van der Waals surface area contributed by atoms with Crippen LogP contribution < -0.4 is 10.7 Å². The van der Waals surface area contributed by atoms with E-state index in [1.807, 2.05) is 48.3 Å². The van der Waals surface area contributed by atoms with Gasteiger partial charge in [-0.3, -0.25) is 14.6 Å². The first kappa shape index (κ1) is 22.7. The van der Waals surface area contributed by atoms with Gasteiger partial charge in [0.15, 0.2) is 0 Å². The van der Waals surface area contributed by atoms with E-state index in [1.54, 1.807) is 11.2 Å². The summed E-state index contributed by atoms with van der Waals surface area (Å²) in [6, 6.07) is 13.8. The molecule has 3 aliphatic rings. The number of rotatable bonds is 6. The number of carbonyl (C=O) groups is 2. The Morgan fingerprint density at radius 3 is 2.59 bits per heavy atom. The lowest BCUT2D eigenvalue weighted by Crippen LogP contribution is -2.69. The summed E-state index contributed by atoms with van der Waals surface area (Å²) in [4.78, 5) is 29.3. The fraction of sp³-hybridized carbons (Fsp3) is 0.481. The summed E-state index contributed by atoms with van der Waals surface area (Å²) in [5, 5.41) is 5.15. The third kappa shape index (κ3) is 4.49. The summed E-state index contributed by atoms with van der Waals surface area (Å²) in [6.07, 6.45) is 11.0. The molecule has 2 amide bonds. The minimum atomic E-state index is -0.986. The molecule has 1 saturated carbocycles. The minimum Gasteiger partial charge on any atom is -0.467 e. The lowest BCUT2D eigenvalue weighted by molar-refractivity contribution is -0.152. The average molecular weight is 463 g/mol. The smallest absolute Gasteiger partial charge is 0.272 e. The molecular formula is C27H34N4O3. The molecule has 7 nitrogen and oxygen atoms in total. The van der Waals surface area contributed by atoms with Crippen molar-refractivity contribution in [2.24, 2.45) is 0 Å². The van der Waals surface area contributed by atoms with E-state index in [1.165, 1.54) is 12.8 Å². The van der Waals surface area contributed by atoms with Crippen molar-refractivity contribution >= 4 is 11.8 Å². The van der Waals surface area contributed by atoms with Gasteiger partial charge in [0.2, 0.25) is 5.91 Å². The Hall–Kier alpha value is -3.06. The zero-order valence-corrected chi connectivity index (χ0v) is 19.8. The van der Waals surface area contributed by atoms with Gasteiger partial charge < -0.3 is 14.6 Å². The van der Waals surface area contributed by atoms with Crippen LogP contribution >= 0.6 is 0 Å². The molecular weight excluding hydrogens is 428 g/mol. The Labute approximate surface area is 201 Å². The van der Waals surface area contributed by atoms with E-state index in [4.69, 9.17) is 4.42 Å². The molecule has 2 aromatic rings. The molecule has 0 bridgehead atoms. The molecule has 1 saturated heterocycles. The van der Waals surface area contributed by atoms with Gasteiger partial charge in [-0.05, 0) is 50.0 Å². The fourth-order valence-electron chi connectivity index (χ4n) is 5.40. The average Bonchev–Trinajstić information content (AvgIpc) is 3.45. The molecule has 2 atom stereocenters. The van der Waals surface area contributed by atoms with Crippen LogP contribution in [0.2, 0.25) is 0 Å². The van der Waals surface area contributed by atoms with Gasteiger partial charge in [-0.25, -0.2) is 5.43 Å². The molecule has 0 spiro atoms. The molecule has 1 aromatic carbocycles. The van der Waals surface area contributed by atoms with E-state index in [0.717, 1.165) is 37.0 Å². The van der Waals surface area contributed by atoms with Crippen molar-refractivity contribution in [1.82, 2.24) is 20.7 Å². The number of piperazine rings is 1. The Kier molecular flexibility index (Phi) is 6.46. The van der Waals surface area contributed by atoms with Gasteiger partial charge in [-0.15, -0.1) is 0 Å². The maximum atomic E-state index is 13.8. The van der Waals surface area contributed by atoms with Crippen LogP contribution in [0.4, 0.5) is 0 Å². The minimum absolute atomic E-state index is 0.0666. The summed E-state index contributed by atoms with van der Waals surface area (Å²) in [7, 11) is 0. The second-order valence-electron chi connectivity index (χ2n) is 9.89. The second-order valence-corrected chi connectivity index (χ2v) is 9.89. The van der Waals surface area contributed by atoms with Crippen molar-refractivity contribution < 1.29 is 14.0 Å². The Morgan fingerprint density at radius 2 is 1.88 bits per heavy atom. The summed E-state index contributed by atoms with van der Waals surface area (Å²) in [5.41, 5.74) is 4.10. The van der Waals surface area contributed by atoms with Crippen LogP contribution in [0.3, 0.4) is 0 Å². The van der Waals surface area contributed by atoms with E-state index in [0.29, 0.717) is 25.2 Å². The van der Waals surface area contributed by atoms with Gasteiger partial charge in [0.1, 0.15) is 23.0 Å². The molecule has 2 N–H and O–H groups in total. The second kappa shape index (κ2) is 9.66. The SMILES string of the molecule is CC1(C(=O)NC2CCCCCC2)CN2NC(c3ccco3)C=C2C(=O)N1CCc1ccccc1. The van der Waals surface area contributed by atoms with Gasteiger partial charge in [-0.2, -0.15) is 0 Å². The Morgan fingerprint density at radius 1 is 1.12 bits per heavy atom. The number of benzene rings is 1. The fourth-order valence-corrected chi connectivity index (χ4v) is 5.40. The topological polar surface area (TPSA) is 77.8 Å². The number of nitrogens with one attached hydrogen (secondary N) is 2. The molecule has 3 heterocycles. The van der Waals surface area contributed by atoms with Crippen molar-refractivity contribution in [3.8, 4) is 0 Å². The predicted octanol–water partition coefficient (Wildman–Crippen LogP) is 3.71. The number of carbonyl (C=O) groups excluding carboxylic acids is 2. The van der Waals surface area contributed by atoms with Crippen LogP contribution in [-0.2, 0) is 16.0 Å². The third-order valence-electron chi connectivity index (χ3n) is 7.43. The van der Waals surface area contributed by atoms with Gasteiger partial charge in [0.25, 0.3) is 5.91 Å². The predicted molar refractivity (Wildman–Crippen MR) is 129 cm³/mol. The number of furan rings is 1. The molecule has 0 radical (unpaired) electrons. The van der Waals surface area contributed by atoms with E-state index < -0.39 is 5.54 Å². The monoisotopic (exact) mass is 462 g/mol. The van der Waals surface area contributed by atoms with Crippen molar-refractivity contribution in [1.29, 1.82) is 0 Å². The van der Waals surface area contributed by atoms with Gasteiger partial charge in [0.05, 0.1) is 12.8 Å². The summed E-state index contributed by atoms with van der Waals surface area (Å²) in [6.45, 7) is 2.77. The molecule has 1 aromatic heterocycles. The summed E-state index contributed by atoms with van der Waals surface area (Å²) >= 11 is 0. The number of nitrogens with zero attached hydrogens (tertiary/aromatic N) is 2. The first-order chi connectivity index (χ1) is 16.5. The van der Waals surface area contributed by atoms with E-state index in [9.17, 15) is 9.59 Å². The quantitative estimate of drug-likeness (QED) is 0.640. The van der Waals surface area contributed by atoms with E-state index in [-0.39, 0.29) is 23.9 Å². The Bertz CT molecular complexity index is 1030. The molecule has 2 fully saturated rings. The van der Waals surface area contributed by atoms with E-state index in [2.05, 4.69) is 22.9 Å². The van der Waals surface area contributed by atoms with Crippen LogP contribution in [0.25, 0.3) is 0 Å². The molecule has 34 heavy (non-hydrogen) atoms. The van der Waals surface area contributed by atoms with Crippen molar-refractivity contribution in [3.63, 3.8) is 0 Å². The van der Waals surface area contributed by atoms with Crippen LogP contribution in [-0.4, -0.2) is 46.4 Å². The van der Waals surface area contributed by atoms with Crippen LogP contribution in [0.5, 0.6) is 0 Å². The van der Waals surface area contributed by atoms with Gasteiger partial charge >= 0.3 is 0 Å². The highest BCUT2D eigenvalue weighted by atomic mass is 16.3. The zero-order chi connectivity index (χ0) is 23.5. The van der Waals surface area contributed by atoms with Crippen molar-refractivity contribution in [2.75, 3.05) is 13.1 Å². The van der Waals surface area contributed by atoms with Crippen LogP contribution in [0.15, 0.2) is 64.9 Å². The normalized spacial score (nSPS) is 25.6. The molecule has 5 rings (SSSR count). The third-order valence-corrected chi connectivity index (χ3v) is 7.43. The zero-order valence-electron chi connectivity index (χ0n) is 19.8. The first-order valence-corrected chi connectivity index (χ1v) is 12.5. The largest absolute Gasteiger partial charge is 0.467 e. The molecule has 2 aliphatic heterocycles. The molecule has 1 aliphatic carbocycles. The number of hydrazine groups is 1. The molecule has 180 valence electrons. The lowest BCUT2D eigenvalue weighted by Gasteiger charge is -2.48. The lowest BCUT2D eigenvalue weighted by atomic mass is 9.92. The number of amides is 2. The maximum Gasteiger partial charge on any atom is 0.272 e. The van der Waals surface area contributed by atoms with Crippen molar-refractivity contribution in [2.45, 2.75) is 69.5 Å². The summed E-state index contributed by atoms with van der Waals surface area (Å²) < 4.78 is 5.56.